The fraction of sp³-hybridized carbons (Fsp3) is 0.680. The first-order chi connectivity index (χ1) is 15.6. The molecule has 1 aliphatic carbocycles. The number of nitrogens with zero attached hydrogens (tertiary/aromatic N) is 2. The zero-order valence-corrected chi connectivity index (χ0v) is 19.4. The van der Waals surface area contributed by atoms with Crippen LogP contribution in [0.4, 0.5) is 13.2 Å². The second-order valence-electron chi connectivity index (χ2n) is 10.3. The van der Waals surface area contributed by atoms with Gasteiger partial charge in [0.2, 0.25) is 5.91 Å². The van der Waals surface area contributed by atoms with E-state index in [0.717, 1.165) is 57.3 Å². The molecule has 2 amide bonds. The number of rotatable bonds is 6. The van der Waals surface area contributed by atoms with Crippen LogP contribution in [0.25, 0.3) is 0 Å². The van der Waals surface area contributed by atoms with Crippen molar-refractivity contribution < 1.29 is 22.8 Å². The second kappa shape index (κ2) is 9.65. The third-order valence-electron chi connectivity index (χ3n) is 7.49. The summed E-state index contributed by atoms with van der Waals surface area (Å²) >= 11 is 0. The van der Waals surface area contributed by atoms with Crippen LogP contribution in [-0.4, -0.2) is 59.9 Å². The molecule has 3 aliphatic rings. The Kier molecular flexibility index (Phi) is 7.03. The molecule has 1 aromatic rings. The summed E-state index contributed by atoms with van der Waals surface area (Å²) in [6.07, 6.45) is 0.411. The third-order valence-corrected chi connectivity index (χ3v) is 7.49. The van der Waals surface area contributed by atoms with Gasteiger partial charge < -0.3 is 10.2 Å². The summed E-state index contributed by atoms with van der Waals surface area (Å²) in [5.41, 5.74) is -0.743. The first kappa shape index (κ1) is 24.0. The fourth-order valence-electron chi connectivity index (χ4n) is 5.82. The normalized spacial score (nSPS) is 26.6. The fourth-order valence-corrected chi connectivity index (χ4v) is 5.82. The lowest BCUT2D eigenvalue weighted by Crippen LogP contribution is -2.50. The molecule has 0 aromatic heterocycles. The minimum atomic E-state index is -4.48. The second-order valence-corrected chi connectivity index (χ2v) is 10.3. The van der Waals surface area contributed by atoms with Gasteiger partial charge in [-0.1, -0.05) is 19.9 Å². The van der Waals surface area contributed by atoms with Crippen LogP contribution in [-0.2, 0) is 11.0 Å². The maximum absolute atomic E-state index is 13.2. The molecule has 182 valence electrons. The molecule has 0 radical (unpaired) electrons. The van der Waals surface area contributed by atoms with Crippen molar-refractivity contribution in [3.63, 3.8) is 0 Å². The number of fused-ring (bicyclic) bond motifs is 1. The van der Waals surface area contributed by atoms with Crippen molar-refractivity contribution in [3.8, 4) is 0 Å². The maximum atomic E-state index is 13.2. The van der Waals surface area contributed by atoms with Crippen LogP contribution in [0.2, 0.25) is 0 Å². The number of halogens is 3. The van der Waals surface area contributed by atoms with Crippen molar-refractivity contribution in [2.24, 2.45) is 17.8 Å². The Hall–Kier alpha value is -2.09. The van der Waals surface area contributed by atoms with Crippen molar-refractivity contribution in [3.05, 3.63) is 35.4 Å². The number of hydrogen-bond acceptors (Lipinski definition) is 3. The molecule has 5 nitrogen and oxygen atoms in total. The zero-order chi connectivity index (χ0) is 23.8. The molecule has 3 fully saturated rings. The van der Waals surface area contributed by atoms with Gasteiger partial charge >= 0.3 is 6.18 Å². The highest BCUT2D eigenvalue weighted by atomic mass is 19.4. The Morgan fingerprint density at radius 1 is 1.12 bits per heavy atom. The van der Waals surface area contributed by atoms with Crippen LogP contribution in [0, 0.1) is 17.8 Å². The molecule has 33 heavy (non-hydrogen) atoms. The van der Waals surface area contributed by atoms with E-state index >= 15 is 0 Å². The molecule has 2 saturated heterocycles. The van der Waals surface area contributed by atoms with E-state index in [1.807, 2.05) is 0 Å². The van der Waals surface area contributed by atoms with Gasteiger partial charge in [-0.3, -0.25) is 14.5 Å². The molecular weight excluding hydrogens is 431 g/mol. The topological polar surface area (TPSA) is 52.7 Å². The summed E-state index contributed by atoms with van der Waals surface area (Å²) in [6, 6.07) is 4.53. The third kappa shape index (κ3) is 5.36. The van der Waals surface area contributed by atoms with Gasteiger partial charge in [0.15, 0.2) is 0 Å². The maximum Gasteiger partial charge on any atom is 0.416 e. The van der Waals surface area contributed by atoms with E-state index < -0.39 is 11.7 Å². The van der Waals surface area contributed by atoms with Crippen LogP contribution >= 0.6 is 0 Å². The van der Waals surface area contributed by atoms with Gasteiger partial charge in [-0.05, 0) is 75.2 Å². The summed E-state index contributed by atoms with van der Waals surface area (Å²) in [4.78, 5) is 30.1. The molecule has 0 bridgehead atoms. The minimum Gasteiger partial charge on any atom is -0.352 e. The highest BCUT2D eigenvalue weighted by Gasteiger charge is 2.45. The summed E-state index contributed by atoms with van der Waals surface area (Å²) < 4.78 is 39.2. The van der Waals surface area contributed by atoms with Crippen LogP contribution in [0.15, 0.2) is 24.3 Å². The Labute approximate surface area is 193 Å². The van der Waals surface area contributed by atoms with Crippen molar-refractivity contribution in [2.75, 3.05) is 26.2 Å². The number of amides is 2. The highest BCUT2D eigenvalue weighted by Crippen LogP contribution is 2.39. The summed E-state index contributed by atoms with van der Waals surface area (Å²) in [5.74, 6) is 0.571. The molecule has 2 aliphatic heterocycles. The van der Waals surface area contributed by atoms with Crippen molar-refractivity contribution in [2.45, 2.75) is 64.2 Å². The molecule has 1 N–H and O–H groups in total. The number of alkyl halides is 3. The van der Waals surface area contributed by atoms with Crippen LogP contribution in [0.1, 0.15) is 61.9 Å². The Bertz CT molecular complexity index is 867. The van der Waals surface area contributed by atoms with Gasteiger partial charge in [-0.15, -0.1) is 0 Å². The molecule has 1 saturated carbocycles. The average molecular weight is 466 g/mol. The van der Waals surface area contributed by atoms with Crippen LogP contribution in [0.5, 0.6) is 0 Å². The van der Waals surface area contributed by atoms with Gasteiger partial charge in [-0.25, -0.2) is 0 Å². The number of benzene rings is 1. The lowest BCUT2D eigenvalue weighted by molar-refractivity contribution is -0.137. The molecule has 4 rings (SSSR count). The number of carbonyl (C=O) groups is 2. The monoisotopic (exact) mass is 465 g/mol. The average Bonchev–Trinajstić information content (AvgIpc) is 3.50. The summed E-state index contributed by atoms with van der Waals surface area (Å²) in [7, 11) is 0. The smallest absolute Gasteiger partial charge is 0.352 e. The van der Waals surface area contributed by atoms with Gasteiger partial charge in [0.05, 0.1) is 11.6 Å². The molecule has 2 heterocycles. The van der Waals surface area contributed by atoms with Gasteiger partial charge in [0.1, 0.15) is 0 Å². The molecule has 0 spiro atoms. The lowest BCUT2D eigenvalue weighted by Gasteiger charge is -2.30. The number of likely N-dealkylation sites (tertiary alicyclic amines) is 2. The van der Waals surface area contributed by atoms with E-state index in [1.54, 1.807) is 4.90 Å². The van der Waals surface area contributed by atoms with E-state index in [4.69, 9.17) is 0 Å². The van der Waals surface area contributed by atoms with Crippen molar-refractivity contribution in [1.82, 2.24) is 15.1 Å². The highest BCUT2D eigenvalue weighted by molar-refractivity contribution is 5.94. The predicted octanol–water partition coefficient (Wildman–Crippen LogP) is 4.18. The molecule has 0 unspecified atom stereocenters. The zero-order valence-electron chi connectivity index (χ0n) is 19.4. The SMILES string of the molecule is CC(C)C[C@@H](C(=O)N[C@@H]1CC[C@H]2CN(C(=O)c3cccc(C(F)(F)F)c3)C[C@H]21)N1CCCC1. The van der Waals surface area contributed by atoms with Crippen molar-refractivity contribution in [1.29, 1.82) is 0 Å². The van der Waals surface area contributed by atoms with Crippen LogP contribution in [0.3, 0.4) is 0 Å². The molecular formula is C25H34F3N3O2. The number of hydrogen-bond donors (Lipinski definition) is 1. The minimum absolute atomic E-state index is 0.0130. The van der Waals surface area contributed by atoms with E-state index in [9.17, 15) is 22.8 Å². The van der Waals surface area contributed by atoms with Gasteiger partial charge in [0, 0.05) is 30.6 Å². The first-order valence-corrected chi connectivity index (χ1v) is 12.1. The number of nitrogens with one attached hydrogen (secondary N) is 1. The molecule has 4 atom stereocenters. The van der Waals surface area contributed by atoms with Gasteiger partial charge in [-0.2, -0.15) is 13.2 Å². The van der Waals surface area contributed by atoms with E-state index in [2.05, 4.69) is 24.1 Å². The number of carbonyl (C=O) groups excluding carboxylic acids is 2. The van der Waals surface area contributed by atoms with Gasteiger partial charge in [0.25, 0.3) is 5.91 Å². The Morgan fingerprint density at radius 3 is 2.52 bits per heavy atom. The van der Waals surface area contributed by atoms with Crippen LogP contribution < -0.4 is 5.32 Å². The van der Waals surface area contributed by atoms with E-state index in [0.29, 0.717) is 19.0 Å². The standard InChI is InChI=1S/C25H34F3N3O2/c1-16(2)12-22(30-10-3-4-11-30)23(32)29-21-9-8-18-14-31(15-20(18)21)24(33)17-6-5-7-19(13-17)25(26,27)28/h5-7,13,16,18,20-22H,3-4,8-12,14-15H2,1-2H3,(H,29,32)/t18-,20+,21+,22-/m0/s1. The van der Waals surface area contributed by atoms with E-state index in [1.165, 1.54) is 12.1 Å². The molecule has 1 aromatic carbocycles. The van der Waals surface area contributed by atoms with E-state index in [-0.39, 0.29) is 41.3 Å². The quantitative estimate of drug-likeness (QED) is 0.686. The first-order valence-electron chi connectivity index (χ1n) is 12.1. The Balaban J connectivity index is 1.40. The largest absolute Gasteiger partial charge is 0.416 e. The Morgan fingerprint density at radius 2 is 1.85 bits per heavy atom. The summed E-state index contributed by atoms with van der Waals surface area (Å²) in [5, 5.41) is 3.29. The summed E-state index contributed by atoms with van der Waals surface area (Å²) in [6.45, 7) is 7.20. The predicted molar refractivity (Wildman–Crippen MR) is 120 cm³/mol. The molecule has 8 heteroatoms. The lowest BCUT2D eigenvalue weighted by atomic mass is 9.96. The van der Waals surface area contributed by atoms with Crippen molar-refractivity contribution >= 4 is 11.8 Å².